The molecule has 0 heterocycles. The largest absolute Gasteiger partial charge is 0.491 e. The standard InChI is InChI=1S/C17H24N2O2/c1-12-3-8-17(13(12)2)19-10-15(20)11-21-16-6-4-14(9-18)5-7-16/h4-7,12-13,15,17,19-20H,3,8,10-11H2,1-2H3. The Kier molecular flexibility index (Phi) is 5.60. The summed E-state index contributed by atoms with van der Waals surface area (Å²) >= 11 is 0. The van der Waals surface area contributed by atoms with Crippen molar-refractivity contribution >= 4 is 0 Å². The second-order valence-electron chi connectivity index (χ2n) is 6.03. The predicted octanol–water partition coefficient (Wildman–Crippen LogP) is 2.32. The van der Waals surface area contributed by atoms with Gasteiger partial charge in [-0.05, 0) is 48.9 Å². The van der Waals surface area contributed by atoms with E-state index >= 15 is 0 Å². The topological polar surface area (TPSA) is 65.3 Å². The highest BCUT2D eigenvalue weighted by Crippen LogP contribution is 2.30. The quantitative estimate of drug-likeness (QED) is 0.843. The van der Waals surface area contributed by atoms with Gasteiger partial charge in [-0.25, -0.2) is 0 Å². The molecule has 114 valence electrons. The molecule has 1 aliphatic carbocycles. The third kappa shape index (κ3) is 4.45. The lowest BCUT2D eigenvalue weighted by Gasteiger charge is -2.21. The van der Waals surface area contributed by atoms with Crippen molar-refractivity contribution in [3.05, 3.63) is 29.8 Å². The van der Waals surface area contributed by atoms with E-state index in [1.807, 2.05) is 0 Å². The first-order chi connectivity index (χ1) is 10.1. The second-order valence-corrected chi connectivity index (χ2v) is 6.03. The van der Waals surface area contributed by atoms with Crippen LogP contribution in [0.1, 0.15) is 32.3 Å². The monoisotopic (exact) mass is 288 g/mol. The number of hydrogen-bond acceptors (Lipinski definition) is 4. The zero-order valence-electron chi connectivity index (χ0n) is 12.7. The van der Waals surface area contributed by atoms with E-state index in [4.69, 9.17) is 10.00 Å². The summed E-state index contributed by atoms with van der Waals surface area (Å²) in [6.07, 6.45) is 1.92. The number of hydrogen-bond donors (Lipinski definition) is 2. The molecule has 1 aromatic rings. The highest BCUT2D eigenvalue weighted by Gasteiger charge is 2.29. The summed E-state index contributed by atoms with van der Waals surface area (Å²) in [4.78, 5) is 0. The van der Waals surface area contributed by atoms with E-state index < -0.39 is 6.10 Å². The van der Waals surface area contributed by atoms with Crippen LogP contribution in [0, 0.1) is 23.2 Å². The third-order valence-electron chi connectivity index (χ3n) is 4.51. The smallest absolute Gasteiger partial charge is 0.119 e. The molecule has 0 radical (unpaired) electrons. The molecule has 1 aromatic carbocycles. The van der Waals surface area contributed by atoms with Gasteiger partial charge in [0, 0.05) is 12.6 Å². The van der Waals surface area contributed by atoms with Gasteiger partial charge in [0.15, 0.2) is 0 Å². The van der Waals surface area contributed by atoms with Crippen LogP contribution in [0.15, 0.2) is 24.3 Å². The molecule has 0 saturated heterocycles. The summed E-state index contributed by atoms with van der Waals surface area (Å²) in [6.45, 7) is 5.37. The van der Waals surface area contributed by atoms with Crippen molar-refractivity contribution in [2.24, 2.45) is 11.8 Å². The molecule has 2 rings (SSSR count). The Labute approximate surface area is 126 Å². The fourth-order valence-electron chi connectivity index (χ4n) is 2.82. The van der Waals surface area contributed by atoms with Crippen LogP contribution in [0.5, 0.6) is 5.75 Å². The van der Waals surface area contributed by atoms with E-state index in [2.05, 4.69) is 25.2 Å². The van der Waals surface area contributed by atoms with Crippen molar-refractivity contribution in [1.82, 2.24) is 5.32 Å². The molecule has 4 heteroatoms. The normalized spacial score (nSPS) is 26.3. The van der Waals surface area contributed by atoms with Crippen molar-refractivity contribution in [2.45, 2.75) is 38.8 Å². The SMILES string of the molecule is CC1CCC(NCC(O)COc2ccc(C#N)cc2)C1C. The first-order valence-corrected chi connectivity index (χ1v) is 7.64. The van der Waals surface area contributed by atoms with Crippen LogP contribution in [-0.4, -0.2) is 30.4 Å². The molecule has 4 atom stereocenters. The Balaban J connectivity index is 1.70. The number of nitriles is 1. The van der Waals surface area contributed by atoms with Crippen LogP contribution in [0.2, 0.25) is 0 Å². The van der Waals surface area contributed by atoms with Gasteiger partial charge in [0.2, 0.25) is 0 Å². The van der Waals surface area contributed by atoms with Crippen molar-refractivity contribution < 1.29 is 9.84 Å². The minimum Gasteiger partial charge on any atom is -0.491 e. The fourth-order valence-corrected chi connectivity index (χ4v) is 2.82. The Hall–Kier alpha value is -1.57. The van der Waals surface area contributed by atoms with Crippen LogP contribution >= 0.6 is 0 Å². The summed E-state index contributed by atoms with van der Waals surface area (Å²) in [7, 11) is 0. The zero-order valence-corrected chi connectivity index (χ0v) is 12.7. The van der Waals surface area contributed by atoms with Gasteiger partial charge < -0.3 is 15.2 Å². The van der Waals surface area contributed by atoms with Crippen molar-refractivity contribution in [3.8, 4) is 11.8 Å². The second kappa shape index (κ2) is 7.44. The van der Waals surface area contributed by atoms with E-state index in [0.29, 0.717) is 29.8 Å². The van der Waals surface area contributed by atoms with Crippen molar-refractivity contribution in [1.29, 1.82) is 5.26 Å². The third-order valence-corrected chi connectivity index (χ3v) is 4.51. The Morgan fingerprint density at radius 2 is 2.05 bits per heavy atom. The van der Waals surface area contributed by atoms with Gasteiger partial charge >= 0.3 is 0 Å². The average Bonchev–Trinajstić information content (AvgIpc) is 2.83. The minimum atomic E-state index is -0.524. The number of aliphatic hydroxyl groups is 1. The molecule has 21 heavy (non-hydrogen) atoms. The van der Waals surface area contributed by atoms with Gasteiger partial charge in [0.1, 0.15) is 18.5 Å². The molecule has 0 bridgehead atoms. The van der Waals surface area contributed by atoms with E-state index in [1.165, 1.54) is 12.8 Å². The van der Waals surface area contributed by atoms with Gasteiger partial charge in [0.05, 0.1) is 11.6 Å². The van der Waals surface area contributed by atoms with Gasteiger partial charge in [-0.3, -0.25) is 0 Å². The molecule has 0 aliphatic heterocycles. The number of nitrogens with one attached hydrogen (secondary N) is 1. The van der Waals surface area contributed by atoms with Crippen LogP contribution in [-0.2, 0) is 0 Å². The molecule has 4 nitrogen and oxygen atoms in total. The van der Waals surface area contributed by atoms with Gasteiger partial charge in [0.25, 0.3) is 0 Å². The maximum absolute atomic E-state index is 9.98. The zero-order chi connectivity index (χ0) is 15.2. The van der Waals surface area contributed by atoms with Gasteiger partial charge in [-0.1, -0.05) is 13.8 Å². The van der Waals surface area contributed by atoms with Gasteiger partial charge in [-0.15, -0.1) is 0 Å². The number of ether oxygens (including phenoxy) is 1. The summed E-state index contributed by atoms with van der Waals surface area (Å²) in [5.74, 6) is 2.10. The molecule has 1 aliphatic rings. The van der Waals surface area contributed by atoms with Crippen LogP contribution in [0.4, 0.5) is 0 Å². The van der Waals surface area contributed by atoms with Crippen molar-refractivity contribution in [2.75, 3.05) is 13.2 Å². The fraction of sp³-hybridized carbons (Fsp3) is 0.588. The first-order valence-electron chi connectivity index (χ1n) is 7.64. The lowest BCUT2D eigenvalue weighted by atomic mass is 9.98. The maximum atomic E-state index is 9.98. The predicted molar refractivity (Wildman–Crippen MR) is 82.0 cm³/mol. The highest BCUT2D eigenvalue weighted by atomic mass is 16.5. The van der Waals surface area contributed by atoms with Gasteiger partial charge in [-0.2, -0.15) is 5.26 Å². The summed E-state index contributed by atoms with van der Waals surface area (Å²) in [5.41, 5.74) is 0.605. The molecule has 0 aromatic heterocycles. The number of rotatable bonds is 6. The molecule has 0 amide bonds. The van der Waals surface area contributed by atoms with E-state index in [1.54, 1.807) is 24.3 Å². The van der Waals surface area contributed by atoms with Crippen LogP contribution in [0.3, 0.4) is 0 Å². The van der Waals surface area contributed by atoms with Crippen molar-refractivity contribution in [3.63, 3.8) is 0 Å². The molecule has 1 saturated carbocycles. The minimum absolute atomic E-state index is 0.259. The van der Waals surface area contributed by atoms with Crippen LogP contribution in [0.25, 0.3) is 0 Å². The summed E-state index contributed by atoms with van der Waals surface area (Å²) < 4.78 is 5.53. The Morgan fingerprint density at radius 3 is 2.62 bits per heavy atom. The molecule has 4 unspecified atom stereocenters. The number of nitrogens with zero attached hydrogens (tertiary/aromatic N) is 1. The number of benzene rings is 1. The summed E-state index contributed by atoms with van der Waals surface area (Å²) in [5, 5.41) is 22.1. The Bertz CT molecular complexity index is 481. The lowest BCUT2D eigenvalue weighted by Crippen LogP contribution is -2.39. The van der Waals surface area contributed by atoms with E-state index in [0.717, 1.165) is 5.92 Å². The van der Waals surface area contributed by atoms with E-state index in [-0.39, 0.29) is 6.61 Å². The Morgan fingerprint density at radius 1 is 1.33 bits per heavy atom. The molecular formula is C17H24N2O2. The molecule has 0 spiro atoms. The highest BCUT2D eigenvalue weighted by molar-refractivity contribution is 5.34. The first kappa shape index (κ1) is 15.8. The maximum Gasteiger partial charge on any atom is 0.119 e. The molecular weight excluding hydrogens is 264 g/mol. The number of aliphatic hydroxyl groups excluding tert-OH is 1. The molecule has 1 fully saturated rings. The lowest BCUT2D eigenvalue weighted by molar-refractivity contribution is 0.102. The van der Waals surface area contributed by atoms with Crippen LogP contribution < -0.4 is 10.1 Å². The summed E-state index contributed by atoms with van der Waals surface area (Å²) in [6, 6.07) is 9.49. The van der Waals surface area contributed by atoms with E-state index in [9.17, 15) is 5.11 Å². The molecule has 2 N–H and O–H groups in total. The average molecular weight is 288 g/mol.